The molecule has 1 aromatic carbocycles. The lowest BCUT2D eigenvalue weighted by molar-refractivity contribution is -0.0170. The van der Waals surface area contributed by atoms with Crippen LogP contribution in [0, 0.1) is 0 Å². The van der Waals surface area contributed by atoms with E-state index in [-0.39, 0.29) is 18.6 Å². The van der Waals surface area contributed by atoms with E-state index < -0.39 is 18.2 Å². The lowest BCUT2D eigenvalue weighted by atomic mass is 10.0. The number of amides is 1. The Morgan fingerprint density at radius 2 is 2.05 bits per heavy atom. The molecule has 1 amide bonds. The number of hydrogen-bond donors (Lipinski definition) is 3. The zero-order valence-corrected chi connectivity index (χ0v) is 11.4. The summed E-state index contributed by atoms with van der Waals surface area (Å²) in [6, 6.07) is 6.13. The van der Waals surface area contributed by atoms with Crippen molar-refractivity contribution in [2.45, 2.75) is 31.3 Å². The topological polar surface area (TPSA) is 88.0 Å². The maximum atomic E-state index is 12.1. The van der Waals surface area contributed by atoms with Gasteiger partial charge in [-0.25, -0.2) is 0 Å². The summed E-state index contributed by atoms with van der Waals surface area (Å²) in [5, 5.41) is 21.8. The van der Waals surface area contributed by atoms with Crippen molar-refractivity contribution in [1.82, 2.24) is 5.32 Å². The van der Waals surface area contributed by atoms with E-state index >= 15 is 0 Å². The predicted octanol–water partition coefficient (Wildman–Crippen LogP) is -0.0659. The van der Waals surface area contributed by atoms with Gasteiger partial charge in [0, 0.05) is 5.56 Å². The molecule has 1 fully saturated rings. The zero-order chi connectivity index (χ0) is 14.7. The van der Waals surface area contributed by atoms with Crippen LogP contribution in [0.3, 0.4) is 0 Å². The van der Waals surface area contributed by atoms with Crippen LogP contribution in [-0.2, 0) is 4.74 Å². The van der Waals surface area contributed by atoms with Gasteiger partial charge in [0.05, 0.1) is 25.9 Å². The van der Waals surface area contributed by atoms with E-state index in [4.69, 9.17) is 14.6 Å². The molecule has 20 heavy (non-hydrogen) atoms. The van der Waals surface area contributed by atoms with E-state index in [1.54, 1.807) is 38.3 Å². The van der Waals surface area contributed by atoms with Gasteiger partial charge in [-0.2, -0.15) is 0 Å². The van der Waals surface area contributed by atoms with Crippen molar-refractivity contribution in [2.75, 3.05) is 13.7 Å². The van der Waals surface area contributed by atoms with Gasteiger partial charge in [0.15, 0.2) is 0 Å². The molecule has 1 aliphatic heterocycles. The molecular formula is C14H19NO5. The first-order valence-electron chi connectivity index (χ1n) is 6.46. The molecule has 0 aliphatic carbocycles. The maximum Gasteiger partial charge on any atom is 0.251 e. The fourth-order valence-electron chi connectivity index (χ4n) is 2.28. The summed E-state index contributed by atoms with van der Waals surface area (Å²) in [6.45, 7) is 1.47. The summed E-state index contributed by atoms with van der Waals surface area (Å²) >= 11 is 0. The first-order chi connectivity index (χ1) is 9.56. The molecule has 0 radical (unpaired) electrons. The number of rotatable bonds is 4. The molecule has 6 nitrogen and oxygen atoms in total. The van der Waals surface area contributed by atoms with Gasteiger partial charge in [-0.3, -0.25) is 4.79 Å². The first kappa shape index (κ1) is 14.8. The van der Waals surface area contributed by atoms with Gasteiger partial charge in [0.25, 0.3) is 5.91 Å². The van der Waals surface area contributed by atoms with Gasteiger partial charge in [-0.05, 0) is 31.2 Å². The van der Waals surface area contributed by atoms with Crippen molar-refractivity contribution in [3.05, 3.63) is 29.8 Å². The quantitative estimate of drug-likeness (QED) is 0.719. The van der Waals surface area contributed by atoms with Crippen LogP contribution >= 0.6 is 0 Å². The number of hydrogen-bond acceptors (Lipinski definition) is 5. The zero-order valence-electron chi connectivity index (χ0n) is 11.4. The molecule has 110 valence electrons. The monoisotopic (exact) mass is 281 g/mol. The molecule has 1 aromatic rings. The molecule has 1 aliphatic rings. The SMILES string of the molecule is COc1ccc(C(=O)NC2[C@H](C)O[C@H](CO)[C@@H]2O)cc1. The van der Waals surface area contributed by atoms with Crippen molar-refractivity contribution < 1.29 is 24.5 Å². The minimum absolute atomic E-state index is 0.277. The summed E-state index contributed by atoms with van der Waals surface area (Å²) in [5.41, 5.74) is 0.470. The van der Waals surface area contributed by atoms with E-state index in [0.29, 0.717) is 11.3 Å². The molecule has 0 aromatic heterocycles. The van der Waals surface area contributed by atoms with Crippen LogP contribution < -0.4 is 10.1 Å². The van der Waals surface area contributed by atoms with Crippen molar-refractivity contribution in [3.8, 4) is 5.75 Å². The summed E-state index contributed by atoms with van der Waals surface area (Å²) in [4.78, 5) is 12.1. The first-order valence-corrected chi connectivity index (χ1v) is 6.46. The normalized spacial score (nSPS) is 29.2. The molecular weight excluding hydrogens is 262 g/mol. The smallest absolute Gasteiger partial charge is 0.251 e. The maximum absolute atomic E-state index is 12.1. The molecule has 6 heteroatoms. The van der Waals surface area contributed by atoms with Gasteiger partial charge in [0.1, 0.15) is 18.0 Å². The van der Waals surface area contributed by atoms with Crippen LogP contribution in [-0.4, -0.2) is 54.2 Å². The molecule has 1 unspecified atom stereocenters. The average Bonchev–Trinajstić information content (AvgIpc) is 2.74. The number of ether oxygens (including phenoxy) is 2. The number of aliphatic hydroxyl groups is 2. The Labute approximate surface area is 117 Å². The van der Waals surface area contributed by atoms with E-state index in [2.05, 4.69) is 5.32 Å². The van der Waals surface area contributed by atoms with Crippen LogP contribution in [0.5, 0.6) is 5.75 Å². The fourth-order valence-corrected chi connectivity index (χ4v) is 2.28. The highest BCUT2D eigenvalue weighted by molar-refractivity contribution is 5.94. The molecule has 4 atom stereocenters. The highest BCUT2D eigenvalue weighted by atomic mass is 16.5. The molecule has 0 bridgehead atoms. The largest absolute Gasteiger partial charge is 0.497 e. The predicted molar refractivity (Wildman–Crippen MR) is 71.7 cm³/mol. The van der Waals surface area contributed by atoms with Crippen LogP contribution in [0.25, 0.3) is 0 Å². The van der Waals surface area contributed by atoms with Gasteiger partial charge in [-0.1, -0.05) is 0 Å². The summed E-state index contributed by atoms with van der Waals surface area (Å²) in [6.07, 6.45) is -1.94. The Bertz CT molecular complexity index is 461. The van der Waals surface area contributed by atoms with Crippen LogP contribution in [0.4, 0.5) is 0 Å². The fraction of sp³-hybridized carbons (Fsp3) is 0.500. The van der Waals surface area contributed by atoms with Gasteiger partial charge in [0.2, 0.25) is 0 Å². The number of methoxy groups -OCH3 is 1. The molecule has 1 heterocycles. The van der Waals surface area contributed by atoms with Crippen molar-refractivity contribution >= 4 is 5.91 Å². The van der Waals surface area contributed by atoms with Crippen molar-refractivity contribution in [1.29, 1.82) is 0 Å². The number of nitrogens with one attached hydrogen (secondary N) is 1. The third kappa shape index (κ3) is 2.92. The minimum atomic E-state index is -0.919. The Morgan fingerprint density at radius 3 is 2.55 bits per heavy atom. The minimum Gasteiger partial charge on any atom is -0.497 e. The molecule has 0 saturated carbocycles. The number of aliphatic hydroxyl groups excluding tert-OH is 2. The molecule has 0 spiro atoms. The Kier molecular flexibility index (Phi) is 4.59. The molecule has 3 N–H and O–H groups in total. The summed E-state index contributed by atoms with van der Waals surface area (Å²) < 4.78 is 10.4. The third-order valence-electron chi connectivity index (χ3n) is 3.47. The van der Waals surface area contributed by atoms with Crippen molar-refractivity contribution in [2.24, 2.45) is 0 Å². The van der Waals surface area contributed by atoms with Crippen molar-refractivity contribution in [3.63, 3.8) is 0 Å². The Hall–Kier alpha value is -1.63. The Balaban J connectivity index is 2.03. The molecule has 1 saturated heterocycles. The van der Waals surface area contributed by atoms with E-state index in [9.17, 15) is 9.90 Å². The second-order valence-corrected chi connectivity index (χ2v) is 4.78. The van der Waals surface area contributed by atoms with E-state index in [0.717, 1.165) is 0 Å². The Morgan fingerprint density at radius 1 is 1.40 bits per heavy atom. The highest BCUT2D eigenvalue weighted by Crippen LogP contribution is 2.21. The van der Waals surface area contributed by atoms with Crippen LogP contribution in [0.2, 0.25) is 0 Å². The van der Waals surface area contributed by atoms with Gasteiger partial charge >= 0.3 is 0 Å². The van der Waals surface area contributed by atoms with Crippen LogP contribution in [0.1, 0.15) is 17.3 Å². The van der Waals surface area contributed by atoms with E-state index in [1.165, 1.54) is 0 Å². The second-order valence-electron chi connectivity index (χ2n) is 4.78. The number of carbonyl (C=O) groups excluding carboxylic acids is 1. The van der Waals surface area contributed by atoms with E-state index in [1.807, 2.05) is 0 Å². The second kappa shape index (κ2) is 6.21. The summed E-state index contributed by atoms with van der Waals surface area (Å²) in [5.74, 6) is 0.366. The van der Waals surface area contributed by atoms with Gasteiger partial charge in [-0.15, -0.1) is 0 Å². The van der Waals surface area contributed by atoms with Crippen LogP contribution in [0.15, 0.2) is 24.3 Å². The van der Waals surface area contributed by atoms with Gasteiger partial charge < -0.3 is 25.0 Å². The third-order valence-corrected chi connectivity index (χ3v) is 3.47. The standard InChI is InChI=1S/C14H19NO5/c1-8-12(13(17)11(7-16)20-8)15-14(18)9-3-5-10(19-2)6-4-9/h3-6,8,11-13,16-17H,7H2,1-2H3,(H,15,18)/t8-,11+,12?,13-/m0/s1. The summed E-state index contributed by atoms with van der Waals surface area (Å²) in [7, 11) is 1.55. The number of benzene rings is 1. The molecule has 2 rings (SSSR count). The average molecular weight is 281 g/mol. The lowest BCUT2D eigenvalue weighted by Gasteiger charge is -2.19. The highest BCUT2D eigenvalue weighted by Gasteiger charge is 2.41. The number of carbonyl (C=O) groups is 1. The lowest BCUT2D eigenvalue weighted by Crippen LogP contribution is -2.47.